The van der Waals surface area contributed by atoms with Crippen molar-refractivity contribution < 1.29 is 23.8 Å². The number of thioether (sulfide) groups is 1. The lowest BCUT2D eigenvalue weighted by atomic mass is 10.1. The molecule has 7 heteroatoms. The summed E-state index contributed by atoms with van der Waals surface area (Å²) in [6, 6.07) is 3.20. The zero-order chi connectivity index (χ0) is 17.1. The fourth-order valence-electron chi connectivity index (χ4n) is 2.23. The number of imide groups is 1. The van der Waals surface area contributed by atoms with Gasteiger partial charge in [-0.15, -0.1) is 0 Å². The van der Waals surface area contributed by atoms with Crippen molar-refractivity contribution in [2.75, 3.05) is 21.3 Å². The molecule has 0 N–H and O–H groups in total. The molecule has 0 spiro atoms. The highest BCUT2D eigenvalue weighted by atomic mass is 32.2. The Labute approximate surface area is 139 Å². The van der Waals surface area contributed by atoms with Gasteiger partial charge in [0.05, 0.1) is 31.8 Å². The van der Waals surface area contributed by atoms with E-state index in [4.69, 9.17) is 14.2 Å². The highest BCUT2D eigenvalue weighted by Gasteiger charge is 2.37. The molecule has 0 atom stereocenters. The second-order valence-electron chi connectivity index (χ2n) is 5.09. The molecule has 0 unspecified atom stereocenters. The molecule has 1 saturated heterocycles. The third kappa shape index (κ3) is 3.29. The van der Waals surface area contributed by atoms with Crippen molar-refractivity contribution in [1.82, 2.24) is 4.90 Å². The van der Waals surface area contributed by atoms with Crippen LogP contribution >= 0.6 is 11.8 Å². The van der Waals surface area contributed by atoms with Gasteiger partial charge in [-0.2, -0.15) is 0 Å². The summed E-state index contributed by atoms with van der Waals surface area (Å²) in [6.45, 7) is 3.60. The van der Waals surface area contributed by atoms with E-state index in [1.165, 1.54) is 19.1 Å². The van der Waals surface area contributed by atoms with Crippen LogP contribution in [-0.2, 0) is 4.79 Å². The smallest absolute Gasteiger partial charge is 0.293 e. The third-order valence-corrected chi connectivity index (χ3v) is 4.25. The lowest BCUT2D eigenvalue weighted by Crippen LogP contribution is -2.34. The van der Waals surface area contributed by atoms with Crippen LogP contribution in [0.4, 0.5) is 4.79 Å². The van der Waals surface area contributed by atoms with Crippen molar-refractivity contribution in [3.63, 3.8) is 0 Å². The highest BCUT2D eigenvalue weighted by molar-refractivity contribution is 8.18. The first-order valence-electron chi connectivity index (χ1n) is 7.00. The van der Waals surface area contributed by atoms with Crippen LogP contribution in [0, 0.1) is 0 Å². The normalized spacial score (nSPS) is 16.4. The predicted octanol–water partition coefficient (Wildman–Crippen LogP) is 3.16. The molecule has 23 heavy (non-hydrogen) atoms. The summed E-state index contributed by atoms with van der Waals surface area (Å²) < 4.78 is 15.9. The second-order valence-corrected chi connectivity index (χ2v) is 6.08. The van der Waals surface area contributed by atoms with E-state index in [1.807, 2.05) is 0 Å². The van der Waals surface area contributed by atoms with Crippen LogP contribution in [0.15, 0.2) is 17.0 Å². The standard InChI is InChI=1S/C16H19NO5S/c1-9(2)17-15(18)14(23-16(17)19)8-11-12(21-4)6-10(20-3)7-13(11)22-5/h6-9H,1-5H3. The van der Waals surface area contributed by atoms with E-state index >= 15 is 0 Å². The topological polar surface area (TPSA) is 65.1 Å². The number of benzene rings is 1. The van der Waals surface area contributed by atoms with Crippen LogP contribution < -0.4 is 14.2 Å². The molecular weight excluding hydrogens is 318 g/mol. The maximum Gasteiger partial charge on any atom is 0.293 e. The molecule has 0 radical (unpaired) electrons. The van der Waals surface area contributed by atoms with E-state index < -0.39 is 0 Å². The van der Waals surface area contributed by atoms with Crippen LogP contribution in [0.3, 0.4) is 0 Å². The van der Waals surface area contributed by atoms with Crippen LogP contribution in [0.2, 0.25) is 0 Å². The molecule has 0 saturated carbocycles. The molecule has 1 fully saturated rings. The molecule has 0 aliphatic carbocycles. The Bertz CT molecular complexity index is 643. The Morgan fingerprint density at radius 1 is 1.04 bits per heavy atom. The van der Waals surface area contributed by atoms with Gasteiger partial charge in [0.15, 0.2) is 0 Å². The van der Waals surface area contributed by atoms with Gasteiger partial charge in [-0.25, -0.2) is 0 Å². The molecule has 2 amide bonds. The third-order valence-electron chi connectivity index (χ3n) is 3.37. The Morgan fingerprint density at radius 3 is 2.00 bits per heavy atom. The van der Waals surface area contributed by atoms with Crippen molar-refractivity contribution in [2.45, 2.75) is 19.9 Å². The van der Waals surface area contributed by atoms with Crippen molar-refractivity contribution >= 4 is 29.0 Å². The minimum absolute atomic E-state index is 0.187. The Hall–Kier alpha value is -2.15. The lowest BCUT2D eigenvalue weighted by molar-refractivity contribution is -0.123. The fourth-order valence-corrected chi connectivity index (χ4v) is 3.17. The quantitative estimate of drug-likeness (QED) is 0.769. The van der Waals surface area contributed by atoms with Gasteiger partial charge >= 0.3 is 0 Å². The molecule has 1 aromatic rings. The van der Waals surface area contributed by atoms with Crippen molar-refractivity contribution in [2.24, 2.45) is 0 Å². The zero-order valence-electron chi connectivity index (χ0n) is 13.7. The number of hydrogen-bond acceptors (Lipinski definition) is 6. The van der Waals surface area contributed by atoms with E-state index in [2.05, 4.69) is 0 Å². The number of carbonyl (C=O) groups excluding carboxylic acids is 2. The fraction of sp³-hybridized carbons (Fsp3) is 0.375. The van der Waals surface area contributed by atoms with Crippen molar-refractivity contribution in [1.29, 1.82) is 0 Å². The van der Waals surface area contributed by atoms with Crippen LogP contribution in [0.1, 0.15) is 19.4 Å². The number of ether oxygens (including phenoxy) is 3. The maximum atomic E-state index is 12.4. The first-order valence-corrected chi connectivity index (χ1v) is 7.81. The molecule has 2 rings (SSSR count). The molecular formula is C16H19NO5S. The molecule has 1 aromatic carbocycles. The maximum absolute atomic E-state index is 12.4. The Balaban J connectivity index is 2.51. The van der Waals surface area contributed by atoms with E-state index in [1.54, 1.807) is 39.2 Å². The summed E-state index contributed by atoms with van der Waals surface area (Å²) >= 11 is 0.909. The number of hydrogen-bond donors (Lipinski definition) is 0. The Morgan fingerprint density at radius 2 is 1.61 bits per heavy atom. The molecule has 0 bridgehead atoms. The van der Waals surface area contributed by atoms with Gasteiger partial charge in [0.2, 0.25) is 0 Å². The number of amides is 2. The Kier molecular flexibility index (Phi) is 5.20. The summed E-state index contributed by atoms with van der Waals surface area (Å²) in [5.41, 5.74) is 0.588. The number of rotatable bonds is 5. The van der Waals surface area contributed by atoms with Gasteiger partial charge in [-0.05, 0) is 31.7 Å². The number of carbonyl (C=O) groups is 2. The average Bonchev–Trinajstić information content (AvgIpc) is 2.81. The lowest BCUT2D eigenvalue weighted by Gasteiger charge is -2.16. The summed E-state index contributed by atoms with van der Waals surface area (Å²) in [5.74, 6) is 1.26. The van der Waals surface area contributed by atoms with Gasteiger partial charge in [0.1, 0.15) is 17.2 Å². The second kappa shape index (κ2) is 6.95. The van der Waals surface area contributed by atoms with Gasteiger partial charge < -0.3 is 14.2 Å². The summed E-state index contributed by atoms with van der Waals surface area (Å²) in [7, 11) is 4.58. The first-order chi connectivity index (χ1) is 10.9. The summed E-state index contributed by atoms with van der Waals surface area (Å²) in [6.07, 6.45) is 1.62. The molecule has 1 aliphatic rings. The van der Waals surface area contributed by atoms with Crippen molar-refractivity contribution in [3.8, 4) is 17.2 Å². The molecule has 1 aliphatic heterocycles. The first kappa shape index (κ1) is 17.2. The number of methoxy groups -OCH3 is 3. The monoisotopic (exact) mass is 337 g/mol. The summed E-state index contributed by atoms with van der Waals surface area (Å²) in [4.78, 5) is 25.9. The highest BCUT2D eigenvalue weighted by Crippen LogP contribution is 2.40. The van der Waals surface area contributed by atoms with Crippen LogP contribution in [-0.4, -0.2) is 43.4 Å². The zero-order valence-corrected chi connectivity index (χ0v) is 14.5. The minimum atomic E-state index is -0.310. The number of nitrogens with zero attached hydrogens (tertiary/aromatic N) is 1. The average molecular weight is 337 g/mol. The SMILES string of the molecule is COc1cc(OC)c(C=C2SC(=O)N(C(C)C)C2=O)c(OC)c1. The van der Waals surface area contributed by atoms with Crippen molar-refractivity contribution in [3.05, 3.63) is 22.6 Å². The van der Waals surface area contributed by atoms with Gasteiger partial charge in [-0.3, -0.25) is 14.5 Å². The van der Waals surface area contributed by atoms with Crippen LogP contribution in [0.5, 0.6) is 17.2 Å². The summed E-state index contributed by atoms with van der Waals surface area (Å²) in [5, 5.41) is -0.275. The van der Waals surface area contributed by atoms with Gasteiger partial charge in [-0.1, -0.05) is 0 Å². The predicted molar refractivity (Wildman–Crippen MR) is 89.0 cm³/mol. The molecule has 0 aromatic heterocycles. The van der Waals surface area contributed by atoms with E-state index in [-0.39, 0.29) is 17.2 Å². The minimum Gasteiger partial charge on any atom is -0.496 e. The van der Waals surface area contributed by atoms with E-state index in [0.29, 0.717) is 27.7 Å². The molecule has 1 heterocycles. The molecule has 124 valence electrons. The van der Waals surface area contributed by atoms with E-state index in [9.17, 15) is 9.59 Å². The largest absolute Gasteiger partial charge is 0.496 e. The van der Waals surface area contributed by atoms with Gasteiger partial charge in [0.25, 0.3) is 11.1 Å². The molecule has 6 nitrogen and oxygen atoms in total. The van der Waals surface area contributed by atoms with E-state index in [0.717, 1.165) is 11.8 Å². The van der Waals surface area contributed by atoms with Gasteiger partial charge in [0, 0.05) is 18.2 Å². The van der Waals surface area contributed by atoms with Crippen LogP contribution in [0.25, 0.3) is 6.08 Å².